The zero-order valence-electron chi connectivity index (χ0n) is 19.0. The fourth-order valence-corrected chi connectivity index (χ4v) is 4.19. The zero-order valence-corrected chi connectivity index (χ0v) is 19.7. The Hall–Kier alpha value is -2.86. The summed E-state index contributed by atoms with van der Waals surface area (Å²) < 4.78 is 17.4. The maximum absolute atomic E-state index is 6.10. The fraction of sp³-hybridized carbons (Fsp3) is 0.222. The topological polar surface area (TPSA) is 40.6 Å². The fourth-order valence-electron chi connectivity index (χ4n) is 4.07. The van der Waals surface area contributed by atoms with Gasteiger partial charge in [0.05, 0.1) is 18.3 Å². The van der Waals surface area contributed by atoms with Gasteiger partial charge in [-0.2, -0.15) is 0 Å². The molecule has 1 aromatic heterocycles. The highest BCUT2D eigenvalue weighted by atomic mass is 35.5. The van der Waals surface area contributed by atoms with Gasteiger partial charge in [-0.05, 0) is 58.4 Å². The first-order valence-corrected chi connectivity index (χ1v) is 11.4. The first-order chi connectivity index (χ1) is 15.9. The van der Waals surface area contributed by atoms with E-state index in [0.717, 1.165) is 44.5 Å². The molecule has 0 saturated carbocycles. The van der Waals surface area contributed by atoms with Gasteiger partial charge < -0.3 is 14.0 Å². The molecule has 3 aromatic carbocycles. The normalized spacial score (nSPS) is 15.6. The number of hydrogen-bond acceptors (Lipinski definition) is 4. The number of aromatic nitrogens is 1. The monoisotopic (exact) mass is 457 g/mol. The van der Waals surface area contributed by atoms with Gasteiger partial charge >= 0.3 is 7.12 Å². The maximum Gasteiger partial charge on any atom is 0.493 e. The van der Waals surface area contributed by atoms with Crippen LogP contribution in [-0.4, -0.2) is 32.4 Å². The molecule has 5 rings (SSSR count). The van der Waals surface area contributed by atoms with Crippen molar-refractivity contribution in [1.82, 2.24) is 4.98 Å². The Morgan fingerprint density at radius 3 is 2.36 bits per heavy atom. The third-order valence-corrected chi connectivity index (χ3v) is 6.15. The van der Waals surface area contributed by atoms with Crippen molar-refractivity contribution in [3.63, 3.8) is 0 Å². The van der Waals surface area contributed by atoms with E-state index in [1.807, 2.05) is 54.6 Å². The molecule has 166 valence electrons. The Morgan fingerprint density at radius 1 is 0.879 bits per heavy atom. The number of hydrogen-bond donors (Lipinski definition) is 0. The van der Waals surface area contributed by atoms with Gasteiger partial charge in [-0.15, -0.1) is 0 Å². The molecule has 33 heavy (non-hydrogen) atoms. The molecule has 1 saturated heterocycles. The molecule has 4 aromatic rings. The van der Waals surface area contributed by atoms with Crippen LogP contribution in [0, 0.1) is 5.41 Å². The van der Waals surface area contributed by atoms with Crippen molar-refractivity contribution in [3.8, 4) is 28.1 Å². The van der Waals surface area contributed by atoms with E-state index < -0.39 is 0 Å². The van der Waals surface area contributed by atoms with Crippen molar-refractivity contribution in [2.45, 2.75) is 13.8 Å². The quantitative estimate of drug-likeness (QED) is 0.352. The lowest BCUT2D eigenvalue weighted by atomic mass is 9.75. The lowest BCUT2D eigenvalue weighted by Gasteiger charge is -2.33. The molecule has 2 heterocycles. The molecule has 4 nitrogen and oxygen atoms in total. The Labute approximate surface area is 199 Å². The van der Waals surface area contributed by atoms with Gasteiger partial charge in [0.15, 0.2) is 0 Å². The molecular formula is C27H25BClNO3. The minimum absolute atomic E-state index is 0.0440. The van der Waals surface area contributed by atoms with Gasteiger partial charge in [0, 0.05) is 29.2 Å². The van der Waals surface area contributed by atoms with Crippen molar-refractivity contribution < 1.29 is 14.0 Å². The number of halogens is 1. The molecular weight excluding hydrogens is 433 g/mol. The van der Waals surface area contributed by atoms with Crippen LogP contribution in [-0.2, 0) is 9.31 Å². The Morgan fingerprint density at radius 2 is 1.64 bits per heavy atom. The molecule has 0 bridgehead atoms. The second-order valence-corrected chi connectivity index (χ2v) is 9.62. The van der Waals surface area contributed by atoms with Gasteiger partial charge in [-0.25, -0.2) is 4.98 Å². The third-order valence-electron chi connectivity index (χ3n) is 5.89. The number of rotatable bonds is 4. The van der Waals surface area contributed by atoms with Gasteiger partial charge in [-0.1, -0.05) is 61.8 Å². The standard InChI is InChI=1S/C27H25BClNO3/c1-27(2)16-32-28(33-17-27)20-7-13-25-19(14-20)6-12-26(30-25)24-15-22(31-3)10-11-23(24)18-4-8-21(29)9-5-18/h4-15H,16-17H2,1-3H3. The Bertz CT molecular complexity index is 1300. The first kappa shape index (κ1) is 22.0. The van der Waals surface area contributed by atoms with Crippen LogP contribution in [0.4, 0.5) is 0 Å². The van der Waals surface area contributed by atoms with Crippen molar-refractivity contribution in [3.05, 3.63) is 77.8 Å². The highest BCUT2D eigenvalue weighted by Crippen LogP contribution is 2.35. The summed E-state index contributed by atoms with van der Waals surface area (Å²) >= 11 is 6.10. The average molecular weight is 458 g/mol. The van der Waals surface area contributed by atoms with Gasteiger partial charge in [-0.3, -0.25) is 0 Å². The second-order valence-electron chi connectivity index (χ2n) is 9.19. The van der Waals surface area contributed by atoms with Crippen molar-refractivity contribution in [2.24, 2.45) is 5.41 Å². The third kappa shape index (κ3) is 4.62. The SMILES string of the molecule is COc1ccc(-c2ccc(Cl)cc2)c(-c2ccc3cc(B4OCC(C)(C)CO4)ccc3n2)c1. The van der Waals surface area contributed by atoms with E-state index in [1.54, 1.807) is 7.11 Å². The molecule has 0 unspecified atom stereocenters. The molecule has 1 aliphatic rings. The van der Waals surface area contributed by atoms with Gasteiger partial charge in [0.2, 0.25) is 0 Å². The average Bonchev–Trinajstić information content (AvgIpc) is 2.83. The van der Waals surface area contributed by atoms with Gasteiger partial charge in [0.1, 0.15) is 5.75 Å². The summed E-state index contributed by atoms with van der Waals surface area (Å²) in [6, 6.07) is 24.2. The zero-order chi connectivity index (χ0) is 23.0. The maximum atomic E-state index is 6.10. The molecule has 6 heteroatoms. The minimum Gasteiger partial charge on any atom is -0.497 e. The number of ether oxygens (including phenoxy) is 1. The van der Waals surface area contributed by atoms with Gasteiger partial charge in [0.25, 0.3) is 0 Å². The Balaban J connectivity index is 1.52. The number of methoxy groups -OCH3 is 1. The highest BCUT2D eigenvalue weighted by molar-refractivity contribution is 6.61. The highest BCUT2D eigenvalue weighted by Gasteiger charge is 2.33. The molecule has 1 aliphatic heterocycles. The van der Waals surface area contributed by atoms with E-state index in [2.05, 4.69) is 32.0 Å². The first-order valence-electron chi connectivity index (χ1n) is 11.0. The molecule has 0 aliphatic carbocycles. The summed E-state index contributed by atoms with van der Waals surface area (Å²) in [5.74, 6) is 0.787. The molecule has 0 radical (unpaired) electrons. The molecule has 0 atom stereocenters. The summed E-state index contributed by atoms with van der Waals surface area (Å²) in [6.07, 6.45) is 0. The molecule has 0 amide bonds. The van der Waals surface area contributed by atoms with Crippen LogP contribution in [0.5, 0.6) is 5.75 Å². The van der Waals surface area contributed by atoms with E-state index in [1.165, 1.54) is 0 Å². The number of nitrogens with zero attached hydrogens (tertiary/aromatic N) is 1. The van der Waals surface area contributed by atoms with E-state index in [4.69, 9.17) is 30.6 Å². The van der Waals surface area contributed by atoms with E-state index in [9.17, 15) is 0 Å². The minimum atomic E-state index is -0.336. The van der Waals surface area contributed by atoms with Crippen molar-refractivity contribution in [1.29, 1.82) is 0 Å². The molecule has 0 N–H and O–H groups in total. The summed E-state index contributed by atoms with van der Waals surface area (Å²) in [5, 5.41) is 1.76. The predicted octanol–water partition coefficient (Wildman–Crippen LogP) is 6.00. The summed E-state index contributed by atoms with van der Waals surface area (Å²) in [7, 11) is 1.34. The number of pyridine rings is 1. The van der Waals surface area contributed by atoms with Crippen LogP contribution in [0.15, 0.2) is 72.8 Å². The Kier molecular flexibility index (Phi) is 5.87. The van der Waals surface area contributed by atoms with Crippen LogP contribution in [0.1, 0.15) is 13.8 Å². The van der Waals surface area contributed by atoms with Crippen LogP contribution < -0.4 is 10.2 Å². The van der Waals surface area contributed by atoms with E-state index >= 15 is 0 Å². The van der Waals surface area contributed by atoms with E-state index in [-0.39, 0.29) is 12.5 Å². The lowest BCUT2D eigenvalue weighted by molar-refractivity contribution is 0.0343. The van der Waals surface area contributed by atoms with Crippen LogP contribution in [0.3, 0.4) is 0 Å². The van der Waals surface area contributed by atoms with Crippen molar-refractivity contribution in [2.75, 3.05) is 20.3 Å². The summed E-state index contributed by atoms with van der Waals surface area (Å²) in [6.45, 7) is 5.64. The van der Waals surface area contributed by atoms with Crippen LogP contribution in [0.25, 0.3) is 33.3 Å². The number of fused-ring (bicyclic) bond motifs is 1. The second kappa shape index (κ2) is 8.83. The predicted molar refractivity (Wildman–Crippen MR) is 135 cm³/mol. The lowest BCUT2D eigenvalue weighted by Crippen LogP contribution is -2.47. The van der Waals surface area contributed by atoms with E-state index in [0.29, 0.717) is 18.2 Å². The molecule has 1 fully saturated rings. The van der Waals surface area contributed by atoms with Crippen LogP contribution >= 0.6 is 11.6 Å². The summed E-state index contributed by atoms with van der Waals surface area (Å²) in [4.78, 5) is 4.97. The molecule has 0 spiro atoms. The number of benzene rings is 3. The smallest absolute Gasteiger partial charge is 0.493 e. The largest absolute Gasteiger partial charge is 0.497 e. The summed E-state index contributed by atoms with van der Waals surface area (Å²) in [5.41, 5.74) is 6.00. The van der Waals surface area contributed by atoms with Crippen molar-refractivity contribution >= 4 is 35.1 Å². The van der Waals surface area contributed by atoms with Crippen LogP contribution in [0.2, 0.25) is 5.02 Å².